The average molecular weight is 408 g/mol. The third-order valence-corrected chi connectivity index (χ3v) is 6.23. The van der Waals surface area contributed by atoms with Gasteiger partial charge in [-0.3, -0.25) is 0 Å². The van der Waals surface area contributed by atoms with Crippen molar-refractivity contribution in [1.82, 2.24) is 19.1 Å². The lowest BCUT2D eigenvalue weighted by atomic mass is 10.3. The summed E-state index contributed by atoms with van der Waals surface area (Å²) in [6.07, 6.45) is 4.78. The smallest absolute Gasteiger partial charge is 0.211 e. The Morgan fingerprint density at radius 1 is 1.15 bits per heavy atom. The zero-order chi connectivity index (χ0) is 19.2. The molecule has 0 unspecified atom stereocenters. The number of rotatable bonds is 3. The molecule has 8 nitrogen and oxygen atoms in total. The molecule has 1 aliphatic heterocycles. The normalized spacial score (nSPS) is 16.1. The van der Waals surface area contributed by atoms with Gasteiger partial charge >= 0.3 is 0 Å². The van der Waals surface area contributed by atoms with Gasteiger partial charge in [-0.15, -0.1) is 0 Å². The van der Waals surface area contributed by atoms with Crippen LogP contribution in [0.4, 0.5) is 5.82 Å². The standard InChI is InChI=1S/C17H18ClN5O3S/c1-27(25,26)22-6-4-21(5-7-22)17-8-12-11-23(20-15(12)10-19-17)13-2-3-14(18)16(24)9-13/h2-3,8-11,24H,4-7H2,1H3. The molecule has 1 fully saturated rings. The molecule has 1 aromatic carbocycles. The van der Waals surface area contributed by atoms with Crippen LogP contribution in [0.25, 0.3) is 16.6 Å². The first-order chi connectivity index (χ1) is 12.8. The summed E-state index contributed by atoms with van der Waals surface area (Å²) in [6.45, 7) is 2.07. The monoisotopic (exact) mass is 407 g/mol. The molecular weight excluding hydrogens is 390 g/mol. The van der Waals surface area contributed by atoms with Crippen molar-refractivity contribution >= 4 is 38.3 Å². The molecule has 1 N–H and O–H groups in total. The highest BCUT2D eigenvalue weighted by molar-refractivity contribution is 7.88. The van der Waals surface area contributed by atoms with Gasteiger partial charge in [-0.05, 0) is 18.2 Å². The number of hydrogen-bond acceptors (Lipinski definition) is 6. The Bertz CT molecular complexity index is 1110. The first kappa shape index (κ1) is 18.0. The molecule has 3 aromatic rings. The quantitative estimate of drug-likeness (QED) is 0.712. The van der Waals surface area contributed by atoms with Gasteiger partial charge in [-0.1, -0.05) is 11.6 Å². The minimum Gasteiger partial charge on any atom is -0.506 e. The van der Waals surface area contributed by atoms with Crippen LogP contribution in [0.1, 0.15) is 0 Å². The third kappa shape index (κ3) is 3.58. The van der Waals surface area contributed by atoms with Gasteiger partial charge in [0.25, 0.3) is 0 Å². The molecule has 2 aromatic heterocycles. The Kier molecular flexibility index (Phi) is 4.45. The van der Waals surface area contributed by atoms with E-state index in [2.05, 4.69) is 15.0 Å². The lowest BCUT2D eigenvalue weighted by Crippen LogP contribution is -2.48. The van der Waals surface area contributed by atoms with Gasteiger partial charge in [0.2, 0.25) is 10.0 Å². The number of halogens is 1. The highest BCUT2D eigenvalue weighted by Crippen LogP contribution is 2.27. The van der Waals surface area contributed by atoms with Crippen LogP contribution < -0.4 is 4.90 Å². The van der Waals surface area contributed by atoms with Crippen molar-refractivity contribution in [2.45, 2.75) is 0 Å². The number of fused-ring (bicyclic) bond motifs is 1. The lowest BCUT2D eigenvalue weighted by Gasteiger charge is -2.33. The van der Waals surface area contributed by atoms with Crippen molar-refractivity contribution < 1.29 is 13.5 Å². The average Bonchev–Trinajstić information content (AvgIpc) is 3.06. The van der Waals surface area contributed by atoms with E-state index in [-0.39, 0.29) is 10.8 Å². The van der Waals surface area contributed by atoms with E-state index in [1.807, 2.05) is 12.3 Å². The topological polar surface area (TPSA) is 91.6 Å². The molecule has 0 spiro atoms. The van der Waals surface area contributed by atoms with Crippen LogP contribution in [-0.4, -0.2) is 65.0 Å². The van der Waals surface area contributed by atoms with Crippen molar-refractivity contribution in [2.75, 3.05) is 37.3 Å². The number of anilines is 1. The maximum atomic E-state index is 11.6. The van der Waals surface area contributed by atoms with Gasteiger partial charge in [-0.25, -0.2) is 18.1 Å². The molecule has 0 radical (unpaired) electrons. The molecule has 27 heavy (non-hydrogen) atoms. The van der Waals surface area contributed by atoms with Gasteiger partial charge in [0.15, 0.2) is 0 Å². The predicted octanol–water partition coefficient (Wildman–Crippen LogP) is 1.86. The summed E-state index contributed by atoms with van der Waals surface area (Å²) in [6, 6.07) is 6.87. The second-order valence-corrected chi connectivity index (χ2v) is 8.85. The molecule has 3 heterocycles. The van der Waals surface area contributed by atoms with Crippen molar-refractivity contribution in [3.05, 3.63) is 41.7 Å². The summed E-state index contributed by atoms with van der Waals surface area (Å²) >= 11 is 5.86. The van der Waals surface area contributed by atoms with Crippen molar-refractivity contribution in [1.29, 1.82) is 0 Å². The number of pyridine rings is 1. The van der Waals surface area contributed by atoms with Crippen molar-refractivity contribution in [3.8, 4) is 11.4 Å². The highest BCUT2D eigenvalue weighted by Gasteiger charge is 2.24. The lowest BCUT2D eigenvalue weighted by molar-refractivity contribution is 0.387. The number of hydrogen-bond donors (Lipinski definition) is 1. The zero-order valence-corrected chi connectivity index (χ0v) is 16.2. The molecule has 0 amide bonds. The van der Waals surface area contributed by atoms with E-state index in [0.29, 0.717) is 31.9 Å². The number of sulfonamides is 1. The predicted molar refractivity (Wildman–Crippen MR) is 104 cm³/mol. The van der Waals surface area contributed by atoms with Gasteiger partial charge < -0.3 is 10.0 Å². The molecule has 0 saturated carbocycles. The number of phenolic OH excluding ortho intramolecular Hbond substituents is 1. The number of phenols is 1. The second kappa shape index (κ2) is 6.66. The Hall–Kier alpha value is -2.36. The third-order valence-electron chi connectivity index (χ3n) is 4.60. The van der Waals surface area contributed by atoms with Crippen LogP contribution in [0.5, 0.6) is 5.75 Å². The van der Waals surface area contributed by atoms with E-state index in [0.717, 1.165) is 16.7 Å². The maximum Gasteiger partial charge on any atom is 0.211 e. The molecule has 4 rings (SSSR count). The van der Waals surface area contributed by atoms with E-state index in [1.165, 1.54) is 10.6 Å². The van der Waals surface area contributed by atoms with Crippen LogP contribution in [0.3, 0.4) is 0 Å². The summed E-state index contributed by atoms with van der Waals surface area (Å²) in [4.78, 5) is 6.53. The van der Waals surface area contributed by atoms with Crippen molar-refractivity contribution in [3.63, 3.8) is 0 Å². The van der Waals surface area contributed by atoms with E-state index in [4.69, 9.17) is 11.6 Å². The summed E-state index contributed by atoms with van der Waals surface area (Å²) in [7, 11) is -3.16. The number of piperazine rings is 1. The van der Waals surface area contributed by atoms with E-state index in [1.54, 1.807) is 29.1 Å². The molecular formula is C17H18ClN5O3S. The summed E-state index contributed by atoms with van der Waals surface area (Å²) in [5.41, 5.74) is 1.42. The highest BCUT2D eigenvalue weighted by atomic mass is 35.5. The summed E-state index contributed by atoms with van der Waals surface area (Å²) < 4.78 is 26.4. The Labute approximate surface area is 161 Å². The van der Waals surface area contributed by atoms with Gasteiger partial charge in [0.1, 0.15) is 17.1 Å². The molecule has 10 heteroatoms. The SMILES string of the molecule is CS(=O)(=O)N1CCN(c2cc3cn(-c4ccc(Cl)c(O)c4)nc3cn2)CC1. The Morgan fingerprint density at radius 3 is 2.56 bits per heavy atom. The van der Waals surface area contributed by atoms with Crippen molar-refractivity contribution in [2.24, 2.45) is 0 Å². The number of aromatic hydroxyl groups is 1. The van der Waals surface area contributed by atoms with Gasteiger partial charge in [0.05, 0.1) is 23.2 Å². The Morgan fingerprint density at radius 2 is 1.89 bits per heavy atom. The molecule has 1 saturated heterocycles. The first-order valence-electron chi connectivity index (χ1n) is 8.36. The van der Waals surface area contributed by atoms with Crippen LogP contribution in [0.15, 0.2) is 36.7 Å². The Balaban J connectivity index is 1.59. The summed E-state index contributed by atoms with van der Waals surface area (Å²) in [5.74, 6) is 0.783. The molecule has 142 valence electrons. The molecule has 0 aliphatic carbocycles. The van der Waals surface area contributed by atoms with E-state index >= 15 is 0 Å². The number of aromatic nitrogens is 3. The molecule has 0 bridgehead atoms. The fourth-order valence-electron chi connectivity index (χ4n) is 3.11. The van der Waals surface area contributed by atoms with Crippen LogP contribution in [-0.2, 0) is 10.0 Å². The summed E-state index contributed by atoms with van der Waals surface area (Å²) in [5, 5.41) is 15.5. The largest absolute Gasteiger partial charge is 0.506 e. The minimum atomic E-state index is -3.16. The van der Waals surface area contributed by atoms with Crippen LogP contribution in [0.2, 0.25) is 5.02 Å². The number of benzene rings is 1. The molecule has 1 aliphatic rings. The van der Waals surface area contributed by atoms with Gasteiger partial charge in [0, 0.05) is 43.8 Å². The van der Waals surface area contributed by atoms with Crippen LogP contribution in [0, 0.1) is 0 Å². The molecule has 0 atom stereocenters. The number of nitrogens with zero attached hydrogens (tertiary/aromatic N) is 5. The van der Waals surface area contributed by atoms with Crippen LogP contribution >= 0.6 is 11.6 Å². The fraction of sp³-hybridized carbons (Fsp3) is 0.294. The van der Waals surface area contributed by atoms with Gasteiger partial charge in [-0.2, -0.15) is 9.40 Å². The second-order valence-electron chi connectivity index (χ2n) is 6.46. The minimum absolute atomic E-state index is 0.00344. The van der Waals surface area contributed by atoms with E-state index in [9.17, 15) is 13.5 Å². The maximum absolute atomic E-state index is 11.6. The zero-order valence-electron chi connectivity index (χ0n) is 14.6. The first-order valence-corrected chi connectivity index (χ1v) is 10.6. The van der Waals surface area contributed by atoms with E-state index < -0.39 is 10.0 Å². The fourth-order valence-corrected chi connectivity index (χ4v) is 4.06.